The molecule has 4 rings (SSSR count). The molecule has 8 heteroatoms. The molecular formula is C30H27N3O4S. The third kappa shape index (κ3) is 7.91. The van der Waals surface area contributed by atoms with Gasteiger partial charge in [0.1, 0.15) is 24.7 Å². The predicted octanol–water partition coefficient (Wildman–Crippen LogP) is 5.83. The molecule has 0 aliphatic rings. The van der Waals surface area contributed by atoms with Gasteiger partial charge in [-0.05, 0) is 85.9 Å². The summed E-state index contributed by atoms with van der Waals surface area (Å²) >= 11 is 5.30. The number of rotatable bonds is 9. The quantitative estimate of drug-likeness (QED) is 0.188. The Morgan fingerprint density at radius 2 is 1.24 bits per heavy atom. The van der Waals surface area contributed by atoms with Crippen LogP contribution in [0.3, 0.4) is 0 Å². The second kappa shape index (κ2) is 13.0. The topological polar surface area (TPSA) is 88.7 Å². The number of carbonyl (C=O) groups is 2. The van der Waals surface area contributed by atoms with E-state index in [1.807, 2.05) is 55.5 Å². The van der Waals surface area contributed by atoms with Crippen molar-refractivity contribution in [2.75, 3.05) is 23.8 Å². The van der Waals surface area contributed by atoms with Gasteiger partial charge in [0.2, 0.25) is 0 Å². The summed E-state index contributed by atoms with van der Waals surface area (Å²) in [7, 11) is 0. The molecule has 4 aromatic carbocycles. The summed E-state index contributed by atoms with van der Waals surface area (Å²) in [4.78, 5) is 25.1. The molecule has 0 aliphatic carbocycles. The Hall–Kier alpha value is -4.69. The monoisotopic (exact) mass is 525 g/mol. The summed E-state index contributed by atoms with van der Waals surface area (Å²) in [5, 5.41) is 8.65. The van der Waals surface area contributed by atoms with Crippen molar-refractivity contribution in [3.05, 3.63) is 120 Å². The number of aryl methyl sites for hydroxylation is 1. The van der Waals surface area contributed by atoms with Gasteiger partial charge in [0.25, 0.3) is 11.8 Å². The van der Waals surface area contributed by atoms with Crippen molar-refractivity contribution in [1.29, 1.82) is 0 Å². The number of thiocarbonyl (C=S) groups is 1. The van der Waals surface area contributed by atoms with Crippen LogP contribution < -0.4 is 25.4 Å². The van der Waals surface area contributed by atoms with Gasteiger partial charge in [-0.1, -0.05) is 42.0 Å². The predicted molar refractivity (Wildman–Crippen MR) is 153 cm³/mol. The molecule has 0 spiro atoms. The molecule has 0 saturated heterocycles. The molecule has 0 unspecified atom stereocenters. The van der Waals surface area contributed by atoms with E-state index in [-0.39, 0.29) is 16.9 Å². The number of anilines is 2. The van der Waals surface area contributed by atoms with E-state index in [1.54, 1.807) is 54.6 Å². The highest BCUT2D eigenvalue weighted by Gasteiger charge is 2.10. The Labute approximate surface area is 226 Å². The third-order valence-corrected chi connectivity index (χ3v) is 5.57. The molecule has 0 saturated carbocycles. The van der Waals surface area contributed by atoms with Crippen molar-refractivity contribution in [2.45, 2.75) is 6.92 Å². The normalized spacial score (nSPS) is 10.2. The standard InChI is InChI=1S/C30H27N3O4S/c1-21-7-5-8-22(19-21)28(34)31-24-13-15-25(16-14-24)32-30(38)33-29(35)23-9-6-12-27(20-23)37-18-17-36-26-10-3-2-4-11-26/h2-16,19-20H,17-18H2,1H3,(H,31,34)(H2,32,33,35,38). The summed E-state index contributed by atoms with van der Waals surface area (Å²) in [5.41, 5.74) is 3.32. The van der Waals surface area contributed by atoms with Gasteiger partial charge in [-0.15, -0.1) is 0 Å². The molecule has 38 heavy (non-hydrogen) atoms. The van der Waals surface area contributed by atoms with Crippen LogP contribution in [0.25, 0.3) is 0 Å². The summed E-state index contributed by atoms with van der Waals surface area (Å²) in [5.74, 6) is 0.769. The van der Waals surface area contributed by atoms with Gasteiger partial charge in [0.05, 0.1) is 0 Å². The van der Waals surface area contributed by atoms with Crippen molar-refractivity contribution in [2.24, 2.45) is 0 Å². The molecule has 0 heterocycles. The van der Waals surface area contributed by atoms with Crippen LogP contribution >= 0.6 is 12.2 Å². The van der Waals surface area contributed by atoms with E-state index in [0.717, 1.165) is 11.3 Å². The molecule has 0 aromatic heterocycles. The lowest BCUT2D eigenvalue weighted by atomic mass is 10.1. The zero-order valence-corrected chi connectivity index (χ0v) is 21.6. The van der Waals surface area contributed by atoms with Crippen LogP contribution in [0.15, 0.2) is 103 Å². The van der Waals surface area contributed by atoms with Crippen molar-refractivity contribution >= 4 is 40.5 Å². The van der Waals surface area contributed by atoms with E-state index >= 15 is 0 Å². The fraction of sp³-hybridized carbons (Fsp3) is 0.100. The molecule has 2 amide bonds. The SMILES string of the molecule is Cc1cccc(C(=O)Nc2ccc(NC(=S)NC(=O)c3cccc(OCCOc4ccccc4)c3)cc2)c1. The lowest BCUT2D eigenvalue weighted by Crippen LogP contribution is -2.34. The molecule has 4 aromatic rings. The van der Waals surface area contributed by atoms with E-state index < -0.39 is 0 Å². The molecule has 192 valence electrons. The highest BCUT2D eigenvalue weighted by molar-refractivity contribution is 7.80. The van der Waals surface area contributed by atoms with Crippen LogP contribution in [-0.2, 0) is 0 Å². The summed E-state index contributed by atoms with van der Waals surface area (Å²) in [6, 6.07) is 30.7. The smallest absolute Gasteiger partial charge is 0.257 e. The van der Waals surface area contributed by atoms with Crippen molar-refractivity contribution < 1.29 is 19.1 Å². The molecular weight excluding hydrogens is 498 g/mol. The highest BCUT2D eigenvalue weighted by Crippen LogP contribution is 2.16. The molecule has 7 nitrogen and oxygen atoms in total. The maximum atomic E-state index is 12.7. The molecule has 0 fully saturated rings. The van der Waals surface area contributed by atoms with E-state index in [0.29, 0.717) is 41.5 Å². The van der Waals surface area contributed by atoms with Gasteiger partial charge in [0, 0.05) is 22.5 Å². The molecule has 0 atom stereocenters. The average molecular weight is 526 g/mol. The fourth-order valence-electron chi connectivity index (χ4n) is 3.53. The number of amides is 2. The van der Waals surface area contributed by atoms with Crippen molar-refractivity contribution in [3.8, 4) is 11.5 Å². The first kappa shape index (κ1) is 26.4. The number of ether oxygens (including phenoxy) is 2. The first-order valence-electron chi connectivity index (χ1n) is 12.0. The van der Waals surface area contributed by atoms with E-state index in [2.05, 4.69) is 16.0 Å². The zero-order chi connectivity index (χ0) is 26.7. The Kier molecular flexibility index (Phi) is 9.04. The van der Waals surface area contributed by atoms with Crippen LogP contribution in [0.4, 0.5) is 11.4 Å². The summed E-state index contributed by atoms with van der Waals surface area (Å²) in [6.45, 7) is 2.65. The van der Waals surface area contributed by atoms with Gasteiger partial charge in [-0.2, -0.15) is 0 Å². The third-order valence-electron chi connectivity index (χ3n) is 5.37. The first-order chi connectivity index (χ1) is 18.5. The summed E-state index contributed by atoms with van der Waals surface area (Å²) in [6.07, 6.45) is 0. The van der Waals surface area contributed by atoms with Gasteiger partial charge in [-0.3, -0.25) is 14.9 Å². The van der Waals surface area contributed by atoms with E-state index in [9.17, 15) is 9.59 Å². The average Bonchev–Trinajstić information content (AvgIpc) is 2.93. The number of para-hydroxylation sites is 1. The summed E-state index contributed by atoms with van der Waals surface area (Å²) < 4.78 is 11.3. The highest BCUT2D eigenvalue weighted by atomic mass is 32.1. The maximum Gasteiger partial charge on any atom is 0.257 e. The lowest BCUT2D eigenvalue weighted by molar-refractivity contribution is 0.0975. The van der Waals surface area contributed by atoms with E-state index in [4.69, 9.17) is 21.7 Å². The van der Waals surface area contributed by atoms with Crippen LogP contribution in [0, 0.1) is 6.92 Å². The minimum atomic E-state index is -0.365. The first-order valence-corrected chi connectivity index (χ1v) is 12.4. The minimum Gasteiger partial charge on any atom is -0.490 e. The Bertz CT molecular complexity index is 1410. The largest absolute Gasteiger partial charge is 0.490 e. The number of hydrogen-bond donors (Lipinski definition) is 3. The van der Waals surface area contributed by atoms with Gasteiger partial charge in [0.15, 0.2) is 5.11 Å². The molecule has 0 bridgehead atoms. The number of nitrogens with one attached hydrogen (secondary N) is 3. The second-order valence-electron chi connectivity index (χ2n) is 8.35. The van der Waals surface area contributed by atoms with Gasteiger partial charge in [-0.25, -0.2) is 0 Å². The van der Waals surface area contributed by atoms with E-state index in [1.165, 1.54) is 0 Å². The van der Waals surface area contributed by atoms with Crippen LogP contribution in [0.1, 0.15) is 26.3 Å². The fourth-order valence-corrected chi connectivity index (χ4v) is 3.74. The van der Waals surface area contributed by atoms with Crippen molar-refractivity contribution in [3.63, 3.8) is 0 Å². The van der Waals surface area contributed by atoms with Crippen LogP contribution in [0.2, 0.25) is 0 Å². The van der Waals surface area contributed by atoms with Gasteiger partial charge < -0.3 is 20.1 Å². The second-order valence-corrected chi connectivity index (χ2v) is 8.76. The number of carbonyl (C=O) groups excluding carboxylic acids is 2. The van der Waals surface area contributed by atoms with Gasteiger partial charge >= 0.3 is 0 Å². The Morgan fingerprint density at radius 3 is 1.92 bits per heavy atom. The molecule has 0 aliphatic heterocycles. The zero-order valence-electron chi connectivity index (χ0n) is 20.8. The molecule has 0 radical (unpaired) electrons. The lowest BCUT2D eigenvalue weighted by Gasteiger charge is -2.12. The van der Waals surface area contributed by atoms with Crippen molar-refractivity contribution in [1.82, 2.24) is 5.32 Å². The van der Waals surface area contributed by atoms with Crippen LogP contribution in [0.5, 0.6) is 11.5 Å². The molecule has 3 N–H and O–H groups in total. The number of benzene rings is 4. The Morgan fingerprint density at radius 1 is 0.658 bits per heavy atom. The maximum absolute atomic E-state index is 12.7. The minimum absolute atomic E-state index is 0.147. The Balaban J connectivity index is 1.24. The van der Waals surface area contributed by atoms with Crippen LogP contribution in [-0.4, -0.2) is 30.1 Å². The number of hydrogen-bond acceptors (Lipinski definition) is 5.